The minimum Gasteiger partial charge on any atom is -0.356 e. The van der Waals surface area contributed by atoms with E-state index in [4.69, 9.17) is 0 Å². The first-order valence-electron chi connectivity index (χ1n) is 8.71. The normalized spacial score (nSPS) is 14.9. The van der Waals surface area contributed by atoms with Crippen LogP contribution in [0.3, 0.4) is 0 Å². The van der Waals surface area contributed by atoms with Crippen LogP contribution in [0.4, 0.5) is 10.2 Å². The highest BCUT2D eigenvalue weighted by Gasteiger charge is 2.19. The molecule has 1 saturated heterocycles. The summed E-state index contributed by atoms with van der Waals surface area (Å²) in [6.07, 6.45) is 5.52. The van der Waals surface area contributed by atoms with E-state index in [1.165, 1.54) is 18.5 Å². The van der Waals surface area contributed by atoms with Crippen LogP contribution in [0.1, 0.15) is 12.8 Å². The van der Waals surface area contributed by atoms with E-state index in [0.717, 1.165) is 49.3 Å². The first kappa shape index (κ1) is 17.8. The fraction of sp³-hybridized carbons (Fsp3) is 0.353. The molecule has 8 nitrogen and oxygen atoms in total. The van der Waals surface area contributed by atoms with E-state index >= 15 is 0 Å². The summed E-state index contributed by atoms with van der Waals surface area (Å²) in [5.74, 6) is 0.390. The zero-order valence-electron chi connectivity index (χ0n) is 14.5. The van der Waals surface area contributed by atoms with Crippen molar-refractivity contribution in [3.8, 4) is 0 Å². The molecule has 1 aliphatic heterocycles. The summed E-state index contributed by atoms with van der Waals surface area (Å²) in [6.45, 7) is 2.39. The lowest BCUT2D eigenvalue weighted by molar-refractivity contribution is 0.564. The third-order valence-corrected chi connectivity index (χ3v) is 6.03. The molecule has 10 heteroatoms. The Morgan fingerprint density at radius 3 is 2.59 bits per heavy atom. The Kier molecular flexibility index (Phi) is 4.75. The van der Waals surface area contributed by atoms with Crippen LogP contribution in [0.2, 0.25) is 0 Å². The highest BCUT2D eigenvalue weighted by atomic mass is 32.2. The van der Waals surface area contributed by atoms with Gasteiger partial charge in [0.05, 0.1) is 23.0 Å². The Bertz CT molecular complexity index is 1040. The quantitative estimate of drug-likeness (QED) is 0.686. The van der Waals surface area contributed by atoms with Gasteiger partial charge in [-0.2, -0.15) is 5.10 Å². The van der Waals surface area contributed by atoms with Gasteiger partial charge in [-0.05, 0) is 37.1 Å². The second-order valence-corrected chi connectivity index (χ2v) is 8.12. The Morgan fingerprint density at radius 2 is 1.85 bits per heavy atom. The van der Waals surface area contributed by atoms with Gasteiger partial charge in [-0.3, -0.25) is 0 Å². The number of hydrogen-bond donors (Lipinski definition) is 1. The number of aromatic nitrogens is 4. The number of anilines is 1. The molecule has 1 aliphatic rings. The van der Waals surface area contributed by atoms with Crippen LogP contribution in [0.25, 0.3) is 11.0 Å². The van der Waals surface area contributed by atoms with E-state index in [2.05, 4.69) is 24.7 Å². The number of sulfonamides is 1. The van der Waals surface area contributed by atoms with Crippen molar-refractivity contribution in [2.24, 2.45) is 0 Å². The van der Waals surface area contributed by atoms with Crippen LogP contribution < -0.4 is 9.62 Å². The van der Waals surface area contributed by atoms with E-state index in [1.807, 2.05) is 0 Å². The van der Waals surface area contributed by atoms with Gasteiger partial charge >= 0.3 is 0 Å². The van der Waals surface area contributed by atoms with Gasteiger partial charge < -0.3 is 4.90 Å². The molecule has 2 aromatic heterocycles. The van der Waals surface area contributed by atoms with Crippen molar-refractivity contribution in [2.45, 2.75) is 24.3 Å². The lowest BCUT2D eigenvalue weighted by Crippen LogP contribution is -2.27. The summed E-state index contributed by atoms with van der Waals surface area (Å²) in [5, 5.41) is 5.20. The molecule has 0 radical (unpaired) electrons. The topological polar surface area (TPSA) is 93.0 Å². The second-order valence-electron chi connectivity index (χ2n) is 6.35. The molecule has 0 saturated carbocycles. The van der Waals surface area contributed by atoms with Crippen LogP contribution in [-0.2, 0) is 16.6 Å². The Morgan fingerprint density at radius 1 is 1.11 bits per heavy atom. The van der Waals surface area contributed by atoms with Crippen molar-refractivity contribution in [1.29, 1.82) is 0 Å². The van der Waals surface area contributed by atoms with Crippen LogP contribution in [0, 0.1) is 5.82 Å². The number of hydrogen-bond acceptors (Lipinski definition) is 6. The smallest absolute Gasteiger partial charge is 0.240 e. The third kappa shape index (κ3) is 3.62. The van der Waals surface area contributed by atoms with Gasteiger partial charge in [-0.1, -0.05) is 0 Å². The van der Waals surface area contributed by atoms with Crippen molar-refractivity contribution >= 4 is 26.9 Å². The van der Waals surface area contributed by atoms with Gasteiger partial charge in [-0.25, -0.2) is 32.2 Å². The Balaban J connectivity index is 1.48. The third-order valence-electron chi connectivity index (χ3n) is 4.56. The molecule has 0 spiro atoms. The molecular weight excluding hydrogens is 371 g/mol. The number of nitrogens with one attached hydrogen (secondary N) is 1. The fourth-order valence-electron chi connectivity index (χ4n) is 3.21. The van der Waals surface area contributed by atoms with E-state index in [-0.39, 0.29) is 11.4 Å². The molecule has 3 heterocycles. The average molecular weight is 390 g/mol. The van der Waals surface area contributed by atoms with Crippen LogP contribution >= 0.6 is 0 Å². The fourth-order valence-corrected chi connectivity index (χ4v) is 4.23. The molecule has 3 aromatic rings. The first-order chi connectivity index (χ1) is 13.0. The maximum Gasteiger partial charge on any atom is 0.240 e. The molecule has 142 valence electrons. The van der Waals surface area contributed by atoms with Gasteiger partial charge in [0.25, 0.3) is 0 Å². The zero-order valence-corrected chi connectivity index (χ0v) is 15.4. The average Bonchev–Trinajstić information content (AvgIpc) is 3.32. The van der Waals surface area contributed by atoms with Crippen molar-refractivity contribution < 1.29 is 12.8 Å². The number of fused-ring (bicyclic) bond motifs is 1. The predicted octanol–water partition coefficient (Wildman–Crippen LogP) is 1.54. The van der Waals surface area contributed by atoms with Crippen LogP contribution in [0.5, 0.6) is 0 Å². The lowest BCUT2D eigenvalue weighted by Gasteiger charge is -2.16. The molecule has 1 aromatic carbocycles. The Hall–Kier alpha value is -2.59. The molecule has 0 bridgehead atoms. The molecular formula is C17H19FN6O2S. The molecule has 0 unspecified atom stereocenters. The van der Waals surface area contributed by atoms with Gasteiger partial charge in [-0.15, -0.1) is 0 Å². The minimum absolute atomic E-state index is 0.0212. The summed E-state index contributed by atoms with van der Waals surface area (Å²) in [4.78, 5) is 10.9. The molecule has 4 rings (SSSR count). The summed E-state index contributed by atoms with van der Waals surface area (Å²) >= 11 is 0. The van der Waals surface area contributed by atoms with Crippen LogP contribution in [-0.4, -0.2) is 47.8 Å². The summed E-state index contributed by atoms with van der Waals surface area (Å²) in [6, 6.07) is 4.70. The standard InChI is InChI=1S/C17H19FN6O2S/c18-13-3-5-14(6-4-13)27(25,26)22-7-10-24-17-15(11-21-24)16(19-12-20-17)23-8-1-2-9-23/h3-6,11-12,22H,1-2,7-10H2. The highest BCUT2D eigenvalue weighted by Crippen LogP contribution is 2.25. The molecule has 0 atom stereocenters. The maximum atomic E-state index is 13.0. The van der Waals surface area contributed by atoms with E-state index in [0.29, 0.717) is 12.2 Å². The van der Waals surface area contributed by atoms with Crippen molar-refractivity contribution in [1.82, 2.24) is 24.5 Å². The summed E-state index contributed by atoms with van der Waals surface area (Å²) in [7, 11) is -3.70. The summed E-state index contributed by atoms with van der Waals surface area (Å²) < 4.78 is 41.7. The molecule has 0 amide bonds. The van der Waals surface area contributed by atoms with E-state index in [9.17, 15) is 12.8 Å². The van der Waals surface area contributed by atoms with Gasteiger partial charge in [0.2, 0.25) is 10.0 Å². The number of rotatable bonds is 6. The van der Waals surface area contributed by atoms with Crippen molar-refractivity contribution in [2.75, 3.05) is 24.5 Å². The minimum atomic E-state index is -3.70. The van der Waals surface area contributed by atoms with E-state index in [1.54, 1.807) is 10.9 Å². The second kappa shape index (κ2) is 7.20. The lowest BCUT2D eigenvalue weighted by atomic mass is 10.3. The van der Waals surface area contributed by atoms with Crippen LogP contribution in [0.15, 0.2) is 41.7 Å². The monoisotopic (exact) mass is 390 g/mol. The SMILES string of the molecule is O=S(=O)(NCCn1ncc2c(N3CCCC3)ncnc21)c1ccc(F)cc1. The van der Waals surface area contributed by atoms with Crippen molar-refractivity contribution in [3.63, 3.8) is 0 Å². The number of benzene rings is 1. The molecule has 1 N–H and O–H groups in total. The highest BCUT2D eigenvalue weighted by molar-refractivity contribution is 7.89. The zero-order chi connectivity index (χ0) is 18.9. The van der Waals surface area contributed by atoms with Gasteiger partial charge in [0.1, 0.15) is 18.0 Å². The van der Waals surface area contributed by atoms with Gasteiger partial charge in [0.15, 0.2) is 5.65 Å². The number of halogens is 1. The largest absolute Gasteiger partial charge is 0.356 e. The van der Waals surface area contributed by atoms with Gasteiger partial charge in [0, 0.05) is 19.6 Å². The first-order valence-corrected chi connectivity index (χ1v) is 10.2. The number of nitrogens with zero attached hydrogens (tertiary/aromatic N) is 5. The molecule has 27 heavy (non-hydrogen) atoms. The van der Waals surface area contributed by atoms with Crippen molar-refractivity contribution in [3.05, 3.63) is 42.6 Å². The summed E-state index contributed by atoms with van der Waals surface area (Å²) in [5.41, 5.74) is 0.674. The predicted molar refractivity (Wildman–Crippen MR) is 98.4 cm³/mol. The Labute approximate surface area is 156 Å². The molecule has 0 aliphatic carbocycles. The molecule has 1 fully saturated rings. The maximum absolute atomic E-state index is 13.0. The van der Waals surface area contributed by atoms with E-state index < -0.39 is 15.8 Å².